The summed E-state index contributed by atoms with van der Waals surface area (Å²) in [6, 6.07) is 6.27. The summed E-state index contributed by atoms with van der Waals surface area (Å²) in [6.45, 7) is 2.83. The first-order valence-corrected chi connectivity index (χ1v) is 5.87. The predicted octanol–water partition coefficient (Wildman–Crippen LogP) is 2.02. The summed E-state index contributed by atoms with van der Waals surface area (Å²) in [5, 5.41) is 2.89. The summed E-state index contributed by atoms with van der Waals surface area (Å²) in [5.41, 5.74) is 9.24. The molecule has 1 aromatic rings. The quantitative estimate of drug-likeness (QED) is 0.815. The topological polar surface area (TPSA) is 55.1 Å². The van der Waals surface area contributed by atoms with Crippen LogP contribution in [-0.2, 0) is 11.2 Å². The third-order valence-electron chi connectivity index (χ3n) is 3.27. The van der Waals surface area contributed by atoms with Crippen molar-refractivity contribution < 1.29 is 4.79 Å². The van der Waals surface area contributed by atoms with Crippen molar-refractivity contribution in [3.8, 4) is 0 Å². The number of hydrogen-bond donors (Lipinski definition) is 2. The highest BCUT2D eigenvalue weighted by Gasteiger charge is 2.16. The fourth-order valence-corrected chi connectivity index (χ4v) is 2.20. The van der Waals surface area contributed by atoms with Gasteiger partial charge in [0, 0.05) is 12.1 Å². The van der Waals surface area contributed by atoms with Crippen LogP contribution in [0.4, 0.5) is 5.69 Å². The van der Waals surface area contributed by atoms with Gasteiger partial charge in [-0.05, 0) is 42.5 Å². The van der Waals surface area contributed by atoms with Crippen LogP contribution in [0.2, 0.25) is 0 Å². The third kappa shape index (κ3) is 2.09. The van der Waals surface area contributed by atoms with Gasteiger partial charge in [0.2, 0.25) is 5.91 Å². The monoisotopic (exact) mass is 218 g/mol. The molecular formula is C13H18N2O. The van der Waals surface area contributed by atoms with Crippen molar-refractivity contribution in [2.24, 2.45) is 5.73 Å². The Kier molecular flexibility index (Phi) is 3.25. The second kappa shape index (κ2) is 4.66. The van der Waals surface area contributed by atoms with Gasteiger partial charge in [0.25, 0.3) is 0 Å². The first kappa shape index (κ1) is 11.1. The van der Waals surface area contributed by atoms with Crippen LogP contribution in [0.25, 0.3) is 0 Å². The molecule has 3 nitrogen and oxygen atoms in total. The zero-order valence-electron chi connectivity index (χ0n) is 9.62. The Bertz CT molecular complexity index is 397. The number of rotatable bonds is 3. The van der Waals surface area contributed by atoms with E-state index in [4.69, 9.17) is 5.73 Å². The number of fused-ring (bicyclic) bond motifs is 1. The van der Waals surface area contributed by atoms with Crippen LogP contribution in [0.3, 0.4) is 0 Å². The summed E-state index contributed by atoms with van der Waals surface area (Å²) >= 11 is 0. The van der Waals surface area contributed by atoms with E-state index < -0.39 is 0 Å². The van der Waals surface area contributed by atoms with Crippen molar-refractivity contribution in [2.75, 3.05) is 11.9 Å². The van der Waals surface area contributed by atoms with Gasteiger partial charge in [0.05, 0.1) is 0 Å². The summed E-state index contributed by atoms with van der Waals surface area (Å²) in [4.78, 5) is 11.2. The molecule has 0 spiro atoms. The smallest absolute Gasteiger partial charge is 0.224 e. The molecule has 0 aromatic heterocycles. The number of hydrogen-bond acceptors (Lipinski definition) is 2. The fourth-order valence-electron chi connectivity index (χ4n) is 2.20. The van der Waals surface area contributed by atoms with Crippen molar-refractivity contribution in [3.05, 3.63) is 29.3 Å². The Morgan fingerprint density at radius 3 is 2.94 bits per heavy atom. The highest BCUT2D eigenvalue weighted by molar-refractivity contribution is 5.93. The normalized spacial score (nSPS) is 16.5. The largest absolute Gasteiger partial charge is 0.330 e. The molecule has 1 aliphatic heterocycles. The number of nitrogens with two attached hydrogens (primary N) is 1. The van der Waals surface area contributed by atoms with E-state index in [0.717, 1.165) is 18.5 Å². The van der Waals surface area contributed by atoms with E-state index >= 15 is 0 Å². The summed E-state index contributed by atoms with van der Waals surface area (Å²) < 4.78 is 0. The molecule has 1 atom stereocenters. The van der Waals surface area contributed by atoms with E-state index in [1.165, 1.54) is 11.1 Å². The Labute approximate surface area is 96.0 Å². The molecule has 16 heavy (non-hydrogen) atoms. The molecule has 1 aliphatic rings. The lowest BCUT2D eigenvalue weighted by Crippen LogP contribution is -2.19. The third-order valence-corrected chi connectivity index (χ3v) is 3.27. The molecular weight excluding hydrogens is 200 g/mol. The Morgan fingerprint density at radius 2 is 2.25 bits per heavy atom. The molecule has 1 unspecified atom stereocenters. The average molecular weight is 218 g/mol. The number of aryl methyl sites for hydroxylation is 1. The number of benzene rings is 1. The van der Waals surface area contributed by atoms with E-state index in [0.29, 0.717) is 18.9 Å². The molecule has 0 saturated carbocycles. The second-order valence-electron chi connectivity index (χ2n) is 4.31. The number of carbonyl (C=O) groups excluding carboxylic acids is 1. The van der Waals surface area contributed by atoms with E-state index in [2.05, 4.69) is 24.4 Å². The van der Waals surface area contributed by atoms with Gasteiger partial charge in [-0.1, -0.05) is 19.1 Å². The van der Waals surface area contributed by atoms with E-state index in [1.54, 1.807) is 0 Å². The Hall–Kier alpha value is -1.35. The number of anilines is 1. The minimum Gasteiger partial charge on any atom is -0.330 e. The van der Waals surface area contributed by atoms with Gasteiger partial charge in [-0.15, -0.1) is 0 Å². The second-order valence-corrected chi connectivity index (χ2v) is 4.31. The number of carbonyl (C=O) groups is 1. The van der Waals surface area contributed by atoms with Crippen molar-refractivity contribution in [3.63, 3.8) is 0 Å². The molecule has 0 fully saturated rings. The zero-order valence-corrected chi connectivity index (χ0v) is 9.62. The zero-order chi connectivity index (χ0) is 11.5. The van der Waals surface area contributed by atoms with Gasteiger partial charge in [-0.2, -0.15) is 0 Å². The van der Waals surface area contributed by atoms with E-state index in [-0.39, 0.29) is 5.91 Å². The maximum absolute atomic E-state index is 11.2. The fraction of sp³-hybridized carbons (Fsp3) is 0.462. The molecule has 0 saturated heterocycles. The van der Waals surface area contributed by atoms with Gasteiger partial charge in [0.1, 0.15) is 0 Å². The summed E-state index contributed by atoms with van der Waals surface area (Å²) in [6.07, 6.45) is 2.49. The molecule has 3 heteroatoms. The maximum Gasteiger partial charge on any atom is 0.224 e. The van der Waals surface area contributed by atoms with Gasteiger partial charge in [0.15, 0.2) is 0 Å². The standard InChI is InChI=1S/C13H18N2O/c1-2-9(8-14)10-3-5-12-11(7-10)4-6-13(16)15-12/h3,5,7,9H,2,4,6,8,14H2,1H3,(H,15,16). The predicted molar refractivity (Wildman–Crippen MR) is 65.5 cm³/mol. The van der Waals surface area contributed by atoms with E-state index in [1.807, 2.05) is 6.07 Å². The van der Waals surface area contributed by atoms with Crippen molar-refractivity contribution in [1.82, 2.24) is 0 Å². The van der Waals surface area contributed by atoms with Crippen LogP contribution < -0.4 is 11.1 Å². The lowest BCUT2D eigenvalue weighted by molar-refractivity contribution is -0.116. The van der Waals surface area contributed by atoms with E-state index in [9.17, 15) is 4.79 Å². The van der Waals surface area contributed by atoms with Crippen LogP contribution in [0.1, 0.15) is 36.8 Å². The first-order chi connectivity index (χ1) is 7.74. The Balaban J connectivity index is 2.28. The van der Waals surface area contributed by atoms with Crippen LogP contribution >= 0.6 is 0 Å². The summed E-state index contributed by atoms with van der Waals surface area (Å²) in [5.74, 6) is 0.550. The molecule has 2 rings (SSSR count). The maximum atomic E-state index is 11.2. The molecule has 1 amide bonds. The van der Waals surface area contributed by atoms with Crippen molar-refractivity contribution >= 4 is 11.6 Å². The van der Waals surface area contributed by atoms with Crippen LogP contribution in [0.5, 0.6) is 0 Å². The SMILES string of the molecule is CCC(CN)c1ccc2c(c1)CCC(=O)N2. The van der Waals surface area contributed by atoms with Crippen molar-refractivity contribution in [1.29, 1.82) is 0 Å². The number of nitrogens with one attached hydrogen (secondary N) is 1. The van der Waals surface area contributed by atoms with Gasteiger partial charge in [-0.3, -0.25) is 4.79 Å². The van der Waals surface area contributed by atoms with Gasteiger partial charge >= 0.3 is 0 Å². The van der Waals surface area contributed by atoms with Crippen molar-refractivity contribution in [2.45, 2.75) is 32.1 Å². The minimum atomic E-state index is 0.117. The van der Waals surface area contributed by atoms with Crippen LogP contribution in [0, 0.1) is 0 Å². The van der Waals surface area contributed by atoms with Crippen LogP contribution in [-0.4, -0.2) is 12.5 Å². The molecule has 86 valence electrons. The Morgan fingerprint density at radius 1 is 1.44 bits per heavy atom. The molecule has 1 aromatic carbocycles. The molecule has 3 N–H and O–H groups in total. The lowest BCUT2D eigenvalue weighted by atomic mass is 9.92. The lowest BCUT2D eigenvalue weighted by Gasteiger charge is -2.20. The summed E-state index contributed by atoms with van der Waals surface area (Å²) in [7, 11) is 0. The first-order valence-electron chi connectivity index (χ1n) is 5.87. The van der Waals surface area contributed by atoms with Gasteiger partial charge in [-0.25, -0.2) is 0 Å². The van der Waals surface area contributed by atoms with Crippen LogP contribution in [0.15, 0.2) is 18.2 Å². The molecule has 0 aliphatic carbocycles. The molecule has 0 bridgehead atoms. The highest BCUT2D eigenvalue weighted by Crippen LogP contribution is 2.27. The number of amides is 1. The molecule has 1 heterocycles. The average Bonchev–Trinajstić information content (AvgIpc) is 2.31. The molecule has 0 radical (unpaired) electrons. The van der Waals surface area contributed by atoms with Gasteiger partial charge < -0.3 is 11.1 Å². The highest BCUT2D eigenvalue weighted by atomic mass is 16.1. The minimum absolute atomic E-state index is 0.117.